The molecular formula is C23H31N3O4S. The largest absolute Gasteiger partial charge is 0.445 e. The molecule has 1 aromatic carbocycles. The molecule has 2 aromatic rings. The number of nitro groups is 1. The molecule has 0 bridgehead atoms. The fraction of sp³-hybridized carbons (Fsp3) is 0.522. The van der Waals surface area contributed by atoms with E-state index in [0.29, 0.717) is 19.0 Å². The van der Waals surface area contributed by atoms with E-state index >= 15 is 0 Å². The first-order valence-electron chi connectivity index (χ1n) is 11.0. The number of hydrogen-bond acceptors (Lipinski definition) is 6. The third-order valence-electron chi connectivity index (χ3n) is 5.58. The van der Waals surface area contributed by atoms with E-state index in [-0.39, 0.29) is 16.5 Å². The molecule has 168 valence electrons. The van der Waals surface area contributed by atoms with Gasteiger partial charge in [-0.3, -0.25) is 15.0 Å². The Morgan fingerprint density at radius 3 is 2.65 bits per heavy atom. The van der Waals surface area contributed by atoms with Gasteiger partial charge in [-0.25, -0.2) is 4.79 Å². The second-order valence-electron chi connectivity index (χ2n) is 8.08. The van der Waals surface area contributed by atoms with Crippen molar-refractivity contribution < 1.29 is 14.5 Å². The number of rotatable bonds is 11. The predicted molar refractivity (Wildman–Crippen MR) is 122 cm³/mol. The van der Waals surface area contributed by atoms with Gasteiger partial charge in [0.2, 0.25) is 0 Å². The standard InChI is InChI=1S/C23H31N3O4S/c27-23(30-18-20-10-5-2-6-11-20)24-14-7-15-25(16-19-8-3-1-4-9-19)17-21-12-13-22(31-21)26(28)29/h2,5-6,10-13,19H,1,3-4,7-9,14-18H2,(H,24,27). The summed E-state index contributed by atoms with van der Waals surface area (Å²) in [5.74, 6) is 0.687. The van der Waals surface area contributed by atoms with Crippen molar-refractivity contribution in [2.45, 2.75) is 51.7 Å². The molecule has 1 fully saturated rings. The van der Waals surface area contributed by atoms with E-state index in [4.69, 9.17) is 4.74 Å². The summed E-state index contributed by atoms with van der Waals surface area (Å²) in [6.07, 6.45) is 6.81. The number of hydrogen-bond donors (Lipinski definition) is 1. The maximum absolute atomic E-state index is 11.9. The highest BCUT2D eigenvalue weighted by atomic mass is 32.1. The number of benzene rings is 1. The molecule has 7 nitrogen and oxygen atoms in total. The van der Waals surface area contributed by atoms with Crippen LogP contribution in [0.5, 0.6) is 0 Å². The highest BCUT2D eigenvalue weighted by molar-refractivity contribution is 7.15. The first-order valence-corrected chi connectivity index (χ1v) is 11.8. The van der Waals surface area contributed by atoms with Gasteiger partial charge in [-0.2, -0.15) is 0 Å². The molecule has 3 rings (SSSR count). The van der Waals surface area contributed by atoms with E-state index < -0.39 is 6.09 Å². The van der Waals surface area contributed by atoms with Crippen LogP contribution in [0, 0.1) is 16.0 Å². The Morgan fingerprint density at radius 2 is 1.94 bits per heavy atom. The van der Waals surface area contributed by atoms with Crippen LogP contribution in [0.1, 0.15) is 49.0 Å². The molecule has 1 aromatic heterocycles. The highest BCUT2D eigenvalue weighted by Crippen LogP contribution is 2.28. The van der Waals surface area contributed by atoms with Crippen molar-refractivity contribution in [1.29, 1.82) is 0 Å². The number of thiophene rings is 1. The quantitative estimate of drug-likeness (QED) is 0.286. The predicted octanol–water partition coefficient (Wildman–Crippen LogP) is 5.36. The van der Waals surface area contributed by atoms with Crippen LogP contribution in [-0.4, -0.2) is 35.6 Å². The van der Waals surface area contributed by atoms with Crippen molar-refractivity contribution in [2.24, 2.45) is 5.92 Å². The Bertz CT molecular complexity index is 821. The maximum Gasteiger partial charge on any atom is 0.407 e. The van der Waals surface area contributed by atoms with E-state index in [0.717, 1.165) is 30.0 Å². The molecule has 0 atom stereocenters. The van der Waals surface area contributed by atoms with E-state index in [1.807, 2.05) is 36.4 Å². The molecule has 0 unspecified atom stereocenters. The Labute approximate surface area is 187 Å². The third kappa shape index (κ3) is 8.30. The van der Waals surface area contributed by atoms with Gasteiger partial charge in [0.05, 0.1) is 4.92 Å². The number of alkyl carbamates (subject to hydrolysis) is 1. The summed E-state index contributed by atoms with van der Waals surface area (Å²) in [5.41, 5.74) is 0.960. The van der Waals surface area contributed by atoms with Gasteiger partial charge in [-0.1, -0.05) is 60.9 Å². The van der Waals surface area contributed by atoms with Gasteiger partial charge in [-0.05, 0) is 36.8 Å². The van der Waals surface area contributed by atoms with Gasteiger partial charge < -0.3 is 10.1 Å². The van der Waals surface area contributed by atoms with Crippen molar-refractivity contribution in [1.82, 2.24) is 10.2 Å². The molecular weight excluding hydrogens is 414 g/mol. The van der Waals surface area contributed by atoms with E-state index in [2.05, 4.69) is 10.2 Å². The first-order chi connectivity index (χ1) is 15.1. The average Bonchev–Trinajstić information content (AvgIpc) is 3.25. The SMILES string of the molecule is O=C(NCCCN(Cc1ccc([N+](=O)[O-])s1)CC1CCCCC1)OCc1ccccc1. The molecule has 1 aliphatic carbocycles. The number of carbonyl (C=O) groups is 1. The lowest BCUT2D eigenvalue weighted by atomic mass is 9.89. The van der Waals surface area contributed by atoms with Crippen LogP contribution >= 0.6 is 11.3 Å². The number of ether oxygens (including phenoxy) is 1. The summed E-state index contributed by atoms with van der Waals surface area (Å²) in [6, 6.07) is 13.0. The number of nitrogens with zero attached hydrogens (tertiary/aromatic N) is 2. The normalized spacial score (nSPS) is 14.5. The summed E-state index contributed by atoms with van der Waals surface area (Å²) >= 11 is 1.25. The number of carbonyl (C=O) groups excluding carboxylic acids is 1. The molecule has 0 aliphatic heterocycles. The second-order valence-corrected chi connectivity index (χ2v) is 9.23. The van der Waals surface area contributed by atoms with Crippen LogP contribution in [0.15, 0.2) is 42.5 Å². The molecule has 1 N–H and O–H groups in total. The van der Waals surface area contributed by atoms with Gasteiger partial charge in [0.25, 0.3) is 0 Å². The van der Waals surface area contributed by atoms with Gasteiger partial charge >= 0.3 is 11.1 Å². The Morgan fingerprint density at radius 1 is 1.16 bits per heavy atom. The summed E-state index contributed by atoms with van der Waals surface area (Å²) in [7, 11) is 0. The molecule has 1 aliphatic rings. The monoisotopic (exact) mass is 445 g/mol. The van der Waals surface area contributed by atoms with Gasteiger partial charge in [0.15, 0.2) is 0 Å². The van der Waals surface area contributed by atoms with Gasteiger partial charge in [0.1, 0.15) is 6.61 Å². The van der Waals surface area contributed by atoms with Crippen molar-refractivity contribution in [2.75, 3.05) is 19.6 Å². The topological polar surface area (TPSA) is 84.7 Å². The fourth-order valence-corrected chi connectivity index (χ4v) is 4.87. The summed E-state index contributed by atoms with van der Waals surface area (Å²) < 4.78 is 5.25. The summed E-state index contributed by atoms with van der Waals surface area (Å²) in [6.45, 7) is 3.36. The third-order valence-corrected chi connectivity index (χ3v) is 6.60. The van der Waals surface area contributed by atoms with Crippen molar-refractivity contribution in [3.63, 3.8) is 0 Å². The Hall–Kier alpha value is -2.45. The number of nitrogens with one attached hydrogen (secondary N) is 1. The first kappa shape index (κ1) is 23.2. The lowest BCUT2D eigenvalue weighted by Gasteiger charge is -2.29. The molecule has 0 radical (unpaired) electrons. The zero-order valence-corrected chi connectivity index (χ0v) is 18.6. The van der Waals surface area contributed by atoms with Crippen LogP contribution in [-0.2, 0) is 17.9 Å². The van der Waals surface area contributed by atoms with Crippen LogP contribution in [0.25, 0.3) is 0 Å². The molecule has 0 saturated heterocycles. The smallest absolute Gasteiger partial charge is 0.407 e. The lowest BCUT2D eigenvalue weighted by Crippen LogP contribution is -2.33. The van der Waals surface area contributed by atoms with Crippen LogP contribution in [0.3, 0.4) is 0 Å². The number of amides is 1. The maximum atomic E-state index is 11.9. The molecule has 0 spiro atoms. The van der Waals surface area contributed by atoms with Crippen LogP contribution < -0.4 is 5.32 Å². The summed E-state index contributed by atoms with van der Waals surface area (Å²) in [5, 5.41) is 14.0. The molecule has 8 heteroatoms. The van der Waals surface area contributed by atoms with E-state index in [1.165, 1.54) is 43.4 Å². The fourth-order valence-electron chi connectivity index (χ4n) is 4.01. The van der Waals surface area contributed by atoms with Crippen molar-refractivity contribution in [3.05, 3.63) is 63.0 Å². The highest BCUT2D eigenvalue weighted by Gasteiger charge is 2.19. The van der Waals surface area contributed by atoms with Crippen LogP contribution in [0.4, 0.5) is 9.80 Å². The van der Waals surface area contributed by atoms with Crippen molar-refractivity contribution >= 4 is 22.4 Å². The molecule has 31 heavy (non-hydrogen) atoms. The van der Waals surface area contributed by atoms with Gasteiger partial charge in [0, 0.05) is 37.1 Å². The zero-order valence-electron chi connectivity index (χ0n) is 17.8. The minimum absolute atomic E-state index is 0.190. The van der Waals surface area contributed by atoms with Crippen molar-refractivity contribution in [3.8, 4) is 0 Å². The zero-order chi connectivity index (χ0) is 21.9. The minimum atomic E-state index is -0.406. The Balaban J connectivity index is 1.43. The Kier molecular flexibility index (Phi) is 9.30. The second kappa shape index (κ2) is 12.4. The average molecular weight is 446 g/mol. The van der Waals surface area contributed by atoms with E-state index in [1.54, 1.807) is 6.07 Å². The minimum Gasteiger partial charge on any atom is -0.445 e. The van der Waals surface area contributed by atoms with E-state index in [9.17, 15) is 14.9 Å². The molecule has 1 amide bonds. The summed E-state index contributed by atoms with van der Waals surface area (Å²) in [4.78, 5) is 26.0. The lowest BCUT2D eigenvalue weighted by molar-refractivity contribution is -0.380. The van der Waals surface area contributed by atoms with Gasteiger partial charge in [-0.15, -0.1) is 0 Å². The molecule has 1 saturated carbocycles. The molecule has 1 heterocycles. The van der Waals surface area contributed by atoms with Crippen LogP contribution in [0.2, 0.25) is 0 Å².